The highest BCUT2D eigenvalue weighted by Gasteiger charge is 1.98. The molecule has 2 heteroatoms. The zero-order valence-corrected chi connectivity index (χ0v) is 7.79. The number of allylic oxidation sites excluding steroid dienone is 1. The second-order valence-electron chi connectivity index (χ2n) is 2.73. The van der Waals surface area contributed by atoms with Crippen LogP contribution < -0.4 is 5.32 Å². The molecule has 0 aliphatic carbocycles. The molecule has 1 aromatic rings. The zero-order valence-electron chi connectivity index (χ0n) is 7.79. The van der Waals surface area contributed by atoms with Crippen molar-refractivity contribution >= 4 is 11.6 Å². The average Bonchev–Trinajstić information content (AvgIpc) is 2.09. The van der Waals surface area contributed by atoms with E-state index in [1.165, 1.54) is 6.08 Å². The number of amides is 1. The highest BCUT2D eigenvalue weighted by Crippen LogP contribution is 2.12. The standard InChI is InChI=1S/C11H12NO/c1-3-6-11(13)12-10-8-5-4-7-9(10)2/h3-4,6-8H,1-2H3,(H,12,13)/b6-3+. The number of anilines is 1. The lowest BCUT2D eigenvalue weighted by Gasteiger charge is -2.04. The summed E-state index contributed by atoms with van der Waals surface area (Å²) < 4.78 is 0. The molecule has 0 aliphatic rings. The van der Waals surface area contributed by atoms with Crippen LogP contribution in [0.2, 0.25) is 0 Å². The maximum atomic E-state index is 11.2. The van der Waals surface area contributed by atoms with E-state index in [0.717, 1.165) is 11.3 Å². The Morgan fingerprint density at radius 2 is 2.38 bits per heavy atom. The van der Waals surface area contributed by atoms with Gasteiger partial charge in [-0.15, -0.1) is 0 Å². The maximum absolute atomic E-state index is 11.2. The van der Waals surface area contributed by atoms with E-state index in [9.17, 15) is 4.79 Å². The summed E-state index contributed by atoms with van der Waals surface area (Å²) in [6.45, 7) is 3.75. The molecule has 0 aromatic heterocycles. The summed E-state index contributed by atoms with van der Waals surface area (Å²) in [5.74, 6) is -0.106. The van der Waals surface area contributed by atoms with Gasteiger partial charge in [0.2, 0.25) is 5.91 Å². The van der Waals surface area contributed by atoms with E-state index in [4.69, 9.17) is 0 Å². The Morgan fingerprint density at radius 1 is 1.62 bits per heavy atom. The molecule has 0 saturated carbocycles. The third-order valence-corrected chi connectivity index (χ3v) is 1.66. The Balaban J connectivity index is 2.74. The van der Waals surface area contributed by atoms with Crippen LogP contribution in [-0.2, 0) is 4.79 Å². The quantitative estimate of drug-likeness (QED) is 0.685. The molecule has 13 heavy (non-hydrogen) atoms. The molecule has 0 atom stereocenters. The van der Waals surface area contributed by atoms with E-state index in [1.807, 2.05) is 26.0 Å². The smallest absolute Gasteiger partial charge is 0.248 e. The van der Waals surface area contributed by atoms with E-state index >= 15 is 0 Å². The molecule has 2 nitrogen and oxygen atoms in total. The number of carbonyl (C=O) groups excluding carboxylic acids is 1. The van der Waals surface area contributed by atoms with Gasteiger partial charge in [0.15, 0.2) is 0 Å². The number of rotatable bonds is 2. The number of carbonyl (C=O) groups is 1. The number of benzene rings is 1. The Kier molecular flexibility index (Phi) is 3.26. The lowest BCUT2D eigenvalue weighted by molar-refractivity contribution is -0.111. The van der Waals surface area contributed by atoms with Crippen molar-refractivity contribution in [3.8, 4) is 0 Å². The van der Waals surface area contributed by atoms with Crippen LogP contribution in [0.15, 0.2) is 30.4 Å². The summed E-state index contributed by atoms with van der Waals surface area (Å²) in [6, 6.07) is 8.40. The van der Waals surface area contributed by atoms with Gasteiger partial charge >= 0.3 is 0 Å². The molecule has 0 aliphatic heterocycles. The van der Waals surface area contributed by atoms with Crippen LogP contribution in [0.3, 0.4) is 0 Å². The normalized spacial score (nSPS) is 10.3. The first kappa shape index (κ1) is 9.52. The first-order valence-electron chi connectivity index (χ1n) is 4.14. The van der Waals surface area contributed by atoms with Gasteiger partial charge in [-0.3, -0.25) is 4.79 Å². The fourth-order valence-corrected chi connectivity index (χ4v) is 0.969. The maximum Gasteiger partial charge on any atom is 0.248 e. The summed E-state index contributed by atoms with van der Waals surface area (Å²) in [5.41, 5.74) is 1.85. The van der Waals surface area contributed by atoms with Gasteiger partial charge in [0.1, 0.15) is 0 Å². The van der Waals surface area contributed by atoms with Crippen LogP contribution in [0.25, 0.3) is 0 Å². The van der Waals surface area contributed by atoms with E-state index < -0.39 is 0 Å². The van der Waals surface area contributed by atoms with Gasteiger partial charge in [-0.1, -0.05) is 18.2 Å². The number of nitrogens with one attached hydrogen (secondary N) is 1. The first-order chi connectivity index (χ1) is 6.24. The molecule has 1 rings (SSSR count). The van der Waals surface area contributed by atoms with Gasteiger partial charge in [-0.2, -0.15) is 0 Å². The highest BCUT2D eigenvalue weighted by atomic mass is 16.1. The lowest BCUT2D eigenvalue weighted by atomic mass is 10.2. The Labute approximate surface area is 78.3 Å². The van der Waals surface area contributed by atoms with Crippen LogP contribution >= 0.6 is 0 Å². The van der Waals surface area contributed by atoms with Crippen LogP contribution in [0, 0.1) is 13.0 Å². The highest BCUT2D eigenvalue weighted by molar-refractivity contribution is 5.99. The largest absolute Gasteiger partial charge is 0.322 e. The summed E-state index contributed by atoms with van der Waals surface area (Å²) in [6.07, 6.45) is 3.20. The topological polar surface area (TPSA) is 29.1 Å². The molecule has 0 spiro atoms. The first-order valence-corrected chi connectivity index (χ1v) is 4.14. The van der Waals surface area contributed by atoms with Gasteiger partial charge in [0.25, 0.3) is 0 Å². The molecule has 1 N–H and O–H groups in total. The summed E-state index contributed by atoms with van der Waals surface area (Å²) >= 11 is 0. The molecule has 1 radical (unpaired) electrons. The third-order valence-electron chi connectivity index (χ3n) is 1.66. The van der Waals surface area contributed by atoms with Gasteiger partial charge < -0.3 is 5.32 Å². The van der Waals surface area contributed by atoms with Crippen LogP contribution in [0.1, 0.15) is 12.5 Å². The summed E-state index contributed by atoms with van der Waals surface area (Å²) in [5, 5.41) is 2.75. The van der Waals surface area contributed by atoms with E-state index in [2.05, 4.69) is 11.4 Å². The predicted octanol–water partition coefficient (Wildman–Crippen LogP) is 2.31. The van der Waals surface area contributed by atoms with Crippen LogP contribution in [0.4, 0.5) is 5.69 Å². The molecule has 1 amide bonds. The number of hydrogen-bond donors (Lipinski definition) is 1. The molecule has 0 fully saturated rings. The van der Waals surface area contributed by atoms with Crippen molar-refractivity contribution in [1.29, 1.82) is 0 Å². The molecule has 67 valence electrons. The monoisotopic (exact) mass is 174 g/mol. The van der Waals surface area contributed by atoms with Crippen molar-refractivity contribution in [2.75, 3.05) is 5.32 Å². The second kappa shape index (κ2) is 4.45. The number of aryl methyl sites for hydroxylation is 1. The van der Waals surface area contributed by atoms with Crippen molar-refractivity contribution in [2.45, 2.75) is 13.8 Å². The minimum atomic E-state index is -0.106. The number of hydrogen-bond acceptors (Lipinski definition) is 1. The van der Waals surface area contributed by atoms with Gasteiger partial charge in [-0.25, -0.2) is 0 Å². The van der Waals surface area contributed by atoms with E-state index in [0.29, 0.717) is 0 Å². The predicted molar refractivity (Wildman–Crippen MR) is 53.5 cm³/mol. The molecule has 0 heterocycles. The molecular weight excluding hydrogens is 162 g/mol. The fraction of sp³-hybridized carbons (Fsp3) is 0.182. The molecule has 0 bridgehead atoms. The molecule has 1 aromatic carbocycles. The third kappa shape index (κ3) is 2.75. The van der Waals surface area contributed by atoms with Crippen molar-refractivity contribution in [2.24, 2.45) is 0 Å². The summed E-state index contributed by atoms with van der Waals surface area (Å²) in [7, 11) is 0. The SMILES string of the molecule is C/C=C/C(=O)Nc1c[c]ccc1C. The average molecular weight is 174 g/mol. The van der Waals surface area contributed by atoms with Crippen LogP contribution in [-0.4, -0.2) is 5.91 Å². The van der Waals surface area contributed by atoms with Gasteiger partial charge in [0, 0.05) is 5.69 Å². The van der Waals surface area contributed by atoms with Crippen LogP contribution in [0.5, 0.6) is 0 Å². The molecule has 0 unspecified atom stereocenters. The van der Waals surface area contributed by atoms with Crippen molar-refractivity contribution in [3.63, 3.8) is 0 Å². The van der Waals surface area contributed by atoms with Gasteiger partial charge in [-0.05, 0) is 37.6 Å². The van der Waals surface area contributed by atoms with E-state index in [-0.39, 0.29) is 5.91 Å². The van der Waals surface area contributed by atoms with Crippen molar-refractivity contribution in [1.82, 2.24) is 0 Å². The Hall–Kier alpha value is -1.57. The lowest BCUT2D eigenvalue weighted by Crippen LogP contribution is -2.08. The second-order valence-corrected chi connectivity index (χ2v) is 2.73. The Bertz CT molecular complexity index is 329. The zero-order chi connectivity index (χ0) is 9.68. The molecular formula is C11H12NO. The van der Waals surface area contributed by atoms with Crippen molar-refractivity contribution in [3.05, 3.63) is 42.0 Å². The molecule has 0 saturated heterocycles. The Morgan fingerprint density at radius 3 is 3.00 bits per heavy atom. The fourth-order valence-electron chi connectivity index (χ4n) is 0.969. The van der Waals surface area contributed by atoms with Gasteiger partial charge in [0.05, 0.1) is 0 Å². The van der Waals surface area contributed by atoms with E-state index in [1.54, 1.807) is 12.1 Å². The van der Waals surface area contributed by atoms with Crippen molar-refractivity contribution < 1.29 is 4.79 Å². The minimum Gasteiger partial charge on any atom is -0.322 e. The summed E-state index contributed by atoms with van der Waals surface area (Å²) in [4.78, 5) is 11.2. The minimum absolute atomic E-state index is 0.106.